The van der Waals surface area contributed by atoms with E-state index in [0.29, 0.717) is 0 Å². The van der Waals surface area contributed by atoms with Gasteiger partial charge in [0, 0.05) is 17.1 Å². The Labute approximate surface area is 92.5 Å². The second kappa shape index (κ2) is 3.42. The number of para-hydroxylation sites is 1. The monoisotopic (exact) mass is 207 g/mol. The van der Waals surface area contributed by atoms with Gasteiger partial charge in [0.25, 0.3) is 0 Å². The van der Waals surface area contributed by atoms with Crippen molar-refractivity contribution >= 4 is 10.9 Å². The van der Waals surface area contributed by atoms with Gasteiger partial charge in [0.1, 0.15) is 0 Å². The smallest absolute Gasteiger partial charge is 0.187 e. The van der Waals surface area contributed by atoms with Crippen LogP contribution in [0.15, 0.2) is 59.5 Å². The highest BCUT2D eigenvalue weighted by Gasteiger charge is 2.07. The van der Waals surface area contributed by atoms with Gasteiger partial charge in [0.15, 0.2) is 5.43 Å². The predicted molar refractivity (Wildman–Crippen MR) is 64.6 cm³/mol. The van der Waals surface area contributed by atoms with Crippen molar-refractivity contribution < 1.29 is 0 Å². The van der Waals surface area contributed by atoms with Crippen LogP contribution in [0.25, 0.3) is 22.0 Å². The lowest BCUT2D eigenvalue weighted by Crippen LogP contribution is -2.02. The zero-order chi connectivity index (χ0) is 11.0. The molecule has 2 heteroatoms. The molecule has 1 aromatic rings. The maximum Gasteiger partial charge on any atom is 0.187 e. The zero-order valence-electron chi connectivity index (χ0n) is 8.55. The van der Waals surface area contributed by atoms with Crippen LogP contribution in [0.1, 0.15) is 0 Å². The molecule has 1 aliphatic carbocycles. The highest BCUT2D eigenvalue weighted by atomic mass is 16.1. The number of hydrogen-bond donors (Lipinski definition) is 0. The third-order valence-corrected chi connectivity index (χ3v) is 2.70. The first-order chi connectivity index (χ1) is 7.86. The standard InChI is InChI=1S/C14H9NO/c16-13-7-3-4-10-8-9-15-12-6-2-1-5-11(12)14(10)13/h1-9H. The molecular formula is C14H9NO. The van der Waals surface area contributed by atoms with E-state index in [-0.39, 0.29) is 5.43 Å². The van der Waals surface area contributed by atoms with E-state index in [2.05, 4.69) is 4.98 Å². The lowest BCUT2D eigenvalue weighted by Gasteiger charge is -2.00. The van der Waals surface area contributed by atoms with Crippen LogP contribution < -0.4 is 5.43 Å². The molecule has 0 radical (unpaired) electrons. The van der Waals surface area contributed by atoms with E-state index >= 15 is 0 Å². The van der Waals surface area contributed by atoms with Crippen LogP contribution in [0.3, 0.4) is 0 Å². The van der Waals surface area contributed by atoms with Gasteiger partial charge in [0.05, 0.1) is 5.52 Å². The Morgan fingerprint density at radius 2 is 1.75 bits per heavy atom. The Morgan fingerprint density at radius 1 is 0.875 bits per heavy atom. The quantitative estimate of drug-likeness (QED) is 0.567. The lowest BCUT2D eigenvalue weighted by molar-refractivity contribution is 1.44. The molecule has 0 unspecified atom stereocenters. The molecule has 1 aliphatic heterocycles. The highest BCUT2D eigenvalue weighted by molar-refractivity contribution is 5.94. The van der Waals surface area contributed by atoms with Crippen LogP contribution in [0, 0.1) is 0 Å². The fraction of sp³-hybridized carbons (Fsp3) is 0. The molecule has 1 heterocycles. The molecule has 0 saturated heterocycles. The Kier molecular flexibility index (Phi) is 1.93. The van der Waals surface area contributed by atoms with E-state index < -0.39 is 0 Å². The van der Waals surface area contributed by atoms with E-state index in [1.165, 1.54) is 0 Å². The van der Waals surface area contributed by atoms with E-state index in [4.69, 9.17) is 0 Å². The fourth-order valence-corrected chi connectivity index (χ4v) is 1.97. The first-order valence-electron chi connectivity index (χ1n) is 5.13. The normalized spacial score (nSPS) is 10.8. The summed E-state index contributed by atoms with van der Waals surface area (Å²) in [4.78, 5) is 16.2. The summed E-state index contributed by atoms with van der Waals surface area (Å²) < 4.78 is 0. The molecule has 2 nitrogen and oxygen atoms in total. The van der Waals surface area contributed by atoms with Gasteiger partial charge in [-0.05, 0) is 23.8 Å². The van der Waals surface area contributed by atoms with Gasteiger partial charge in [0.2, 0.25) is 0 Å². The minimum atomic E-state index is 0.0479. The molecule has 0 atom stereocenters. The molecule has 0 amide bonds. The van der Waals surface area contributed by atoms with Crippen LogP contribution in [-0.4, -0.2) is 4.98 Å². The first kappa shape index (κ1) is 9.04. The van der Waals surface area contributed by atoms with E-state index in [1.807, 2.05) is 36.4 Å². The minimum Gasteiger partial charge on any atom is -0.289 e. The molecule has 2 aliphatic rings. The first-order valence-corrected chi connectivity index (χ1v) is 5.13. The molecule has 0 saturated carbocycles. The van der Waals surface area contributed by atoms with Crippen LogP contribution in [0.5, 0.6) is 0 Å². The van der Waals surface area contributed by atoms with E-state index in [1.54, 1.807) is 18.3 Å². The number of hydrogen-bond acceptors (Lipinski definition) is 2. The molecule has 0 fully saturated rings. The van der Waals surface area contributed by atoms with Crippen molar-refractivity contribution in [2.75, 3.05) is 0 Å². The summed E-state index contributed by atoms with van der Waals surface area (Å²) in [6.07, 6.45) is 1.74. The van der Waals surface area contributed by atoms with Crippen LogP contribution in [0.4, 0.5) is 0 Å². The van der Waals surface area contributed by atoms with Gasteiger partial charge in [-0.25, -0.2) is 0 Å². The van der Waals surface area contributed by atoms with Crippen molar-refractivity contribution in [2.24, 2.45) is 0 Å². The van der Waals surface area contributed by atoms with Crippen molar-refractivity contribution in [2.45, 2.75) is 0 Å². The molecular weight excluding hydrogens is 198 g/mol. The average Bonchev–Trinajstić information content (AvgIpc) is 2.49. The summed E-state index contributed by atoms with van der Waals surface area (Å²) in [5.41, 5.74) is 2.57. The van der Waals surface area contributed by atoms with Gasteiger partial charge in [-0.1, -0.05) is 30.3 Å². The Morgan fingerprint density at radius 3 is 2.69 bits per heavy atom. The second-order valence-corrected chi connectivity index (χ2v) is 3.68. The topological polar surface area (TPSA) is 30.0 Å². The Hall–Kier alpha value is -2.22. The van der Waals surface area contributed by atoms with Gasteiger partial charge in [-0.3, -0.25) is 9.78 Å². The molecule has 0 N–H and O–H groups in total. The van der Waals surface area contributed by atoms with Crippen molar-refractivity contribution in [3.05, 3.63) is 65.0 Å². The summed E-state index contributed by atoms with van der Waals surface area (Å²) in [5, 5.41) is 0.910. The summed E-state index contributed by atoms with van der Waals surface area (Å²) in [6.45, 7) is 0. The van der Waals surface area contributed by atoms with Crippen molar-refractivity contribution in [3.63, 3.8) is 0 Å². The van der Waals surface area contributed by atoms with Crippen molar-refractivity contribution in [1.82, 2.24) is 4.98 Å². The van der Waals surface area contributed by atoms with Gasteiger partial charge >= 0.3 is 0 Å². The molecule has 0 aromatic heterocycles. The highest BCUT2D eigenvalue weighted by Crippen LogP contribution is 2.23. The van der Waals surface area contributed by atoms with E-state index in [9.17, 15) is 4.79 Å². The van der Waals surface area contributed by atoms with Crippen LogP contribution >= 0.6 is 0 Å². The van der Waals surface area contributed by atoms with E-state index in [0.717, 1.165) is 22.0 Å². The van der Waals surface area contributed by atoms with Crippen molar-refractivity contribution in [3.8, 4) is 11.1 Å². The van der Waals surface area contributed by atoms with Crippen LogP contribution in [0.2, 0.25) is 0 Å². The van der Waals surface area contributed by atoms with Crippen LogP contribution in [-0.2, 0) is 0 Å². The molecule has 76 valence electrons. The number of fused-ring (bicyclic) bond motifs is 3. The summed E-state index contributed by atoms with van der Waals surface area (Å²) in [7, 11) is 0. The maximum atomic E-state index is 11.9. The zero-order valence-corrected chi connectivity index (χ0v) is 8.55. The summed E-state index contributed by atoms with van der Waals surface area (Å²) >= 11 is 0. The second-order valence-electron chi connectivity index (χ2n) is 3.68. The summed E-state index contributed by atoms with van der Waals surface area (Å²) in [5.74, 6) is 0. The molecule has 0 spiro atoms. The molecule has 16 heavy (non-hydrogen) atoms. The largest absolute Gasteiger partial charge is 0.289 e. The molecule has 0 bridgehead atoms. The summed E-state index contributed by atoms with van der Waals surface area (Å²) in [6, 6.07) is 14.9. The number of nitrogens with zero attached hydrogens (tertiary/aromatic N) is 1. The lowest BCUT2D eigenvalue weighted by atomic mass is 10.0. The third kappa shape index (κ3) is 1.27. The Balaban J connectivity index is 2.64. The van der Waals surface area contributed by atoms with Gasteiger partial charge < -0.3 is 0 Å². The number of benzene rings is 2. The SMILES string of the molecule is O=c1cccc2ccnc3ccccc3c1-2. The number of aromatic nitrogens is 1. The average molecular weight is 207 g/mol. The molecule has 3 rings (SSSR count). The van der Waals surface area contributed by atoms with Crippen molar-refractivity contribution in [1.29, 1.82) is 0 Å². The Bertz CT molecular complexity index is 691. The maximum absolute atomic E-state index is 11.9. The van der Waals surface area contributed by atoms with Gasteiger partial charge in [-0.2, -0.15) is 0 Å². The van der Waals surface area contributed by atoms with Gasteiger partial charge in [-0.15, -0.1) is 0 Å². The minimum absolute atomic E-state index is 0.0479. The third-order valence-electron chi connectivity index (χ3n) is 2.70. The fourth-order valence-electron chi connectivity index (χ4n) is 1.97. The predicted octanol–water partition coefficient (Wildman–Crippen LogP) is 2.70. The number of rotatable bonds is 0. The molecule has 1 aromatic carbocycles.